The minimum Gasteiger partial charge on any atom is -0.280 e. The van der Waals surface area contributed by atoms with Crippen molar-refractivity contribution in [3.05, 3.63) is 81.1 Å². The van der Waals surface area contributed by atoms with Crippen molar-refractivity contribution in [1.29, 1.82) is 0 Å². The Morgan fingerprint density at radius 1 is 0.958 bits per heavy atom. The lowest BCUT2D eigenvalue weighted by molar-refractivity contribution is -0.384. The number of nitrogens with zero attached hydrogens (tertiary/aromatic N) is 2. The van der Waals surface area contributed by atoms with Crippen molar-refractivity contribution in [2.45, 2.75) is 4.90 Å². The quantitative estimate of drug-likeness (QED) is 0.526. The SMILES string of the molecule is O=c1ccc2ccccc2n1OS(=O)(=O)c1ccc([N+](=O)[O-])cc1. The van der Waals surface area contributed by atoms with Crippen molar-refractivity contribution >= 4 is 26.7 Å². The lowest BCUT2D eigenvalue weighted by Crippen LogP contribution is -2.30. The van der Waals surface area contributed by atoms with Crippen molar-refractivity contribution in [3.8, 4) is 0 Å². The molecule has 0 N–H and O–H groups in total. The molecule has 1 aromatic heterocycles. The number of hydrogen-bond donors (Lipinski definition) is 0. The molecule has 1 heterocycles. The van der Waals surface area contributed by atoms with Crippen molar-refractivity contribution in [2.75, 3.05) is 0 Å². The second kappa shape index (κ2) is 5.78. The molecule has 0 saturated heterocycles. The van der Waals surface area contributed by atoms with Gasteiger partial charge in [0.2, 0.25) is 0 Å². The molecule has 0 saturated carbocycles. The van der Waals surface area contributed by atoms with Crippen molar-refractivity contribution < 1.29 is 17.6 Å². The van der Waals surface area contributed by atoms with E-state index in [0.717, 1.165) is 24.3 Å². The second-order valence-electron chi connectivity index (χ2n) is 4.80. The Labute approximate surface area is 135 Å². The molecule has 3 rings (SSSR count). The smallest absolute Gasteiger partial charge is 0.280 e. The minimum absolute atomic E-state index is 0.253. The molecule has 0 aliphatic heterocycles. The highest BCUT2D eigenvalue weighted by Gasteiger charge is 2.20. The number of aromatic nitrogens is 1. The van der Waals surface area contributed by atoms with Crippen LogP contribution >= 0.6 is 0 Å². The number of benzene rings is 2. The fourth-order valence-electron chi connectivity index (χ4n) is 2.11. The van der Waals surface area contributed by atoms with Crippen molar-refractivity contribution in [3.63, 3.8) is 0 Å². The van der Waals surface area contributed by atoms with Gasteiger partial charge in [-0.05, 0) is 24.3 Å². The molecular formula is C15H10N2O6S. The molecule has 9 heteroatoms. The summed E-state index contributed by atoms with van der Waals surface area (Å²) >= 11 is 0. The Bertz CT molecular complexity index is 1090. The lowest BCUT2D eigenvalue weighted by atomic mass is 10.2. The highest BCUT2D eigenvalue weighted by Crippen LogP contribution is 2.17. The fraction of sp³-hybridized carbons (Fsp3) is 0. The average molecular weight is 346 g/mol. The van der Waals surface area contributed by atoms with E-state index in [1.54, 1.807) is 30.3 Å². The van der Waals surface area contributed by atoms with Crippen LogP contribution in [0.3, 0.4) is 0 Å². The Morgan fingerprint density at radius 2 is 1.62 bits per heavy atom. The van der Waals surface area contributed by atoms with E-state index < -0.39 is 20.6 Å². The van der Waals surface area contributed by atoms with Gasteiger partial charge < -0.3 is 0 Å². The average Bonchev–Trinajstić information content (AvgIpc) is 2.57. The maximum atomic E-state index is 12.3. The van der Waals surface area contributed by atoms with Crippen LogP contribution in [0.2, 0.25) is 0 Å². The number of pyridine rings is 1. The molecule has 0 radical (unpaired) electrons. The van der Waals surface area contributed by atoms with Gasteiger partial charge in [0.05, 0.1) is 10.4 Å². The number of nitro groups is 1. The van der Waals surface area contributed by atoms with Gasteiger partial charge in [0.25, 0.3) is 11.2 Å². The molecule has 24 heavy (non-hydrogen) atoms. The molecular weight excluding hydrogens is 336 g/mol. The molecule has 0 bridgehead atoms. The third kappa shape index (κ3) is 2.84. The molecule has 0 aliphatic carbocycles. The zero-order valence-corrected chi connectivity index (χ0v) is 12.8. The van der Waals surface area contributed by atoms with Gasteiger partial charge in [-0.2, -0.15) is 8.42 Å². The first-order valence-electron chi connectivity index (χ1n) is 6.69. The standard InChI is InChI=1S/C15H10N2O6S/c18-15-10-5-11-3-1-2-4-14(11)16(15)23-24(21,22)13-8-6-12(7-9-13)17(19)20/h1-10H. The van der Waals surface area contributed by atoms with Crippen molar-refractivity contribution in [2.24, 2.45) is 0 Å². The van der Waals surface area contributed by atoms with Crippen LogP contribution in [0, 0.1) is 10.1 Å². The first kappa shape index (κ1) is 15.7. The van der Waals surface area contributed by atoms with Crippen LogP contribution in [-0.4, -0.2) is 18.1 Å². The van der Waals surface area contributed by atoms with E-state index in [1.165, 1.54) is 6.07 Å². The molecule has 0 unspecified atom stereocenters. The number of rotatable bonds is 4. The predicted molar refractivity (Wildman–Crippen MR) is 85.1 cm³/mol. The summed E-state index contributed by atoms with van der Waals surface area (Å²) in [6, 6.07) is 13.5. The minimum atomic E-state index is -4.33. The van der Waals surface area contributed by atoms with Crippen LogP contribution < -0.4 is 9.84 Å². The van der Waals surface area contributed by atoms with Gasteiger partial charge in [-0.25, -0.2) is 0 Å². The van der Waals surface area contributed by atoms with Crippen LogP contribution in [-0.2, 0) is 10.1 Å². The summed E-state index contributed by atoms with van der Waals surface area (Å²) in [5.41, 5.74) is -0.619. The zero-order valence-electron chi connectivity index (χ0n) is 12.0. The van der Waals surface area contributed by atoms with E-state index in [9.17, 15) is 23.3 Å². The third-order valence-electron chi connectivity index (χ3n) is 3.27. The van der Waals surface area contributed by atoms with Gasteiger partial charge >= 0.3 is 10.1 Å². The van der Waals surface area contributed by atoms with Gasteiger partial charge in [-0.15, -0.1) is 4.73 Å². The number of fused-ring (bicyclic) bond motifs is 1. The number of para-hydroxylation sites is 1. The maximum absolute atomic E-state index is 12.3. The topological polar surface area (TPSA) is 109 Å². The summed E-state index contributed by atoms with van der Waals surface area (Å²) in [7, 11) is -4.33. The molecule has 0 aliphatic rings. The van der Waals surface area contributed by atoms with E-state index in [0.29, 0.717) is 10.1 Å². The maximum Gasteiger partial charge on any atom is 0.357 e. The van der Waals surface area contributed by atoms with E-state index in [-0.39, 0.29) is 16.1 Å². The normalized spacial score (nSPS) is 11.3. The Balaban J connectivity index is 2.05. The highest BCUT2D eigenvalue weighted by molar-refractivity contribution is 7.87. The third-order valence-corrected chi connectivity index (χ3v) is 4.46. The lowest BCUT2D eigenvalue weighted by Gasteiger charge is -2.10. The monoisotopic (exact) mass is 346 g/mol. The second-order valence-corrected chi connectivity index (χ2v) is 6.33. The molecule has 0 atom stereocenters. The number of nitro benzene ring substituents is 1. The summed E-state index contributed by atoms with van der Waals surface area (Å²) < 4.78 is 30.3. The first-order chi connectivity index (χ1) is 11.4. The van der Waals surface area contributed by atoms with Gasteiger partial charge in [0.1, 0.15) is 4.90 Å². The summed E-state index contributed by atoms with van der Waals surface area (Å²) in [5.74, 6) is 0. The summed E-state index contributed by atoms with van der Waals surface area (Å²) in [5, 5.41) is 11.2. The predicted octanol–water partition coefficient (Wildman–Crippen LogP) is 1.73. The van der Waals surface area contributed by atoms with Gasteiger partial charge in [-0.1, -0.05) is 18.2 Å². The van der Waals surface area contributed by atoms with Crippen LogP contribution in [0.5, 0.6) is 0 Å². The van der Waals surface area contributed by atoms with Gasteiger partial charge in [0, 0.05) is 23.6 Å². The Hall–Kier alpha value is -3.20. The van der Waals surface area contributed by atoms with Gasteiger partial charge in [-0.3, -0.25) is 19.2 Å². The molecule has 0 amide bonds. The van der Waals surface area contributed by atoms with Crippen LogP contribution in [0.15, 0.2) is 70.4 Å². The highest BCUT2D eigenvalue weighted by atomic mass is 32.2. The first-order valence-corrected chi connectivity index (χ1v) is 8.09. The molecule has 0 spiro atoms. The van der Waals surface area contributed by atoms with Crippen LogP contribution in [0.25, 0.3) is 10.9 Å². The number of hydrogen-bond acceptors (Lipinski definition) is 6. The van der Waals surface area contributed by atoms with Crippen LogP contribution in [0.4, 0.5) is 5.69 Å². The zero-order chi connectivity index (χ0) is 17.3. The van der Waals surface area contributed by atoms with E-state index >= 15 is 0 Å². The van der Waals surface area contributed by atoms with Crippen LogP contribution in [0.1, 0.15) is 0 Å². The number of non-ortho nitro benzene ring substituents is 1. The van der Waals surface area contributed by atoms with E-state index in [2.05, 4.69) is 0 Å². The van der Waals surface area contributed by atoms with Gasteiger partial charge in [0.15, 0.2) is 0 Å². The Kier molecular flexibility index (Phi) is 3.78. The molecule has 3 aromatic rings. The summed E-state index contributed by atoms with van der Waals surface area (Å²) in [6.45, 7) is 0. The fourth-order valence-corrected chi connectivity index (χ4v) is 3.02. The Morgan fingerprint density at radius 3 is 2.29 bits per heavy atom. The van der Waals surface area contributed by atoms with E-state index in [1.807, 2.05) is 0 Å². The largest absolute Gasteiger partial charge is 0.357 e. The molecule has 122 valence electrons. The van der Waals surface area contributed by atoms with Crippen molar-refractivity contribution in [1.82, 2.24) is 4.73 Å². The van der Waals surface area contributed by atoms with E-state index in [4.69, 9.17) is 4.28 Å². The molecule has 8 nitrogen and oxygen atoms in total. The molecule has 2 aromatic carbocycles. The summed E-state index contributed by atoms with van der Waals surface area (Å²) in [4.78, 5) is 21.6. The summed E-state index contributed by atoms with van der Waals surface area (Å²) in [6.07, 6.45) is 0. The molecule has 0 fully saturated rings.